The molecule has 1 aromatic rings. The maximum absolute atomic E-state index is 5.03. The Morgan fingerprint density at radius 3 is 2.52 bits per heavy atom. The fourth-order valence-electron chi connectivity index (χ4n) is 2.55. The maximum atomic E-state index is 5.03. The number of hydrogen-bond donors (Lipinski definition) is 2. The van der Waals surface area contributed by atoms with Gasteiger partial charge in [0.2, 0.25) is 0 Å². The molecule has 0 saturated carbocycles. The number of ether oxygens (including phenoxy) is 1. The minimum absolute atomic E-state index is 0. The molecule has 0 aromatic heterocycles. The van der Waals surface area contributed by atoms with Gasteiger partial charge in [-0.15, -0.1) is 24.0 Å². The van der Waals surface area contributed by atoms with E-state index in [0.29, 0.717) is 6.61 Å². The van der Waals surface area contributed by atoms with E-state index in [-0.39, 0.29) is 24.0 Å². The summed E-state index contributed by atoms with van der Waals surface area (Å²) in [5.41, 5.74) is 2.35. The number of benzene rings is 1. The number of guanidine groups is 1. The summed E-state index contributed by atoms with van der Waals surface area (Å²) in [6, 6.07) is 8.46. The summed E-state index contributed by atoms with van der Waals surface area (Å²) in [7, 11) is 1.71. The Balaban J connectivity index is 0.00000264. The fraction of sp³-hybridized carbons (Fsp3) is 0.588. The summed E-state index contributed by atoms with van der Waals surface area (Å²) >= 11 is 0. The molecular weight excluding hydrogens is 403 g/mol. The molecule has 1 aliphatic rings. The molecule has 0 aliphatic carbocycles. The van der Waals surface area contributed by atoms with Gasteiger partial charge in [-0.1, -0.05) is 12.1 Å². The SMILES string of the molecule is CCNC(=NCc1ccc(NCCOC)cc1)N1CCCC1.I. The van der Waals surface area contributed by atoms with Crippen molar-refractivity contribution in [2.75, 3.05) is 45.2 Å². The molecule has 1 aromatic carbocycles. The van der Waals surface area contributed by atoms with Crippen LogP contribution >= 0.6 is 24.0 Å². The van der Waals surface area contributed by atoms with Gasteiger partial charge in [0.1, 0.15) is 0 Å². The zero-order chi connectivity index (χ0) is 15.6. The molecule has 1 fully saturated rings. The lowest BCUT2D eigenvalue weighted by Crippen LogP contribution is -2.39. The lowest BCUT2D eigenvalue weighted by molar-refractivity contribution is 0.211. The van der Waals surface area contributed by atoms with Crippen molar-refractivity contribution in [1.82, 2.24) is 10.2 Å². The van der Waals surface area contributed by atoms with Gasteiger partial charge in [-0.3, -0.25) is 0 Å². The zero-order valence-corrected chi connectivity index (χ0v) is 16.5. The first kappa shape index (κ1) is 20.0. The Kier molecular flexibility index (Phi) is 10.0. The van der Waals surface area contributed by atoms with Gasteiger partial charge >= 0.3 is 0 Å². The molecule has 0 atom stereocenters. The van der Waals surface area contributed by atoms with Crippen LogP contribution in [0, 0.1) is 0 Å². The van der Waals surface area contributed by atoms with Crippen molar-refractivity contribution in [2.45, 2.75) is 26.3 Å². The maximum Gasteiger partial charge on any atom is 0.194 e. The van der Waals surface area contributed by atoms with Gasteiger partial charge in [-0.25, -0.2) is 4.99 Å². The molecule has 1 aliphatic heterocycles. The Morgan fingerprint density at radius 2 is 1.91 bits per heavy atom. The average Bonchev–Trinajstić information content (AvgIpc) is 3.07. The Labute approximate surface area is 156 Å². The third kappa shape index (κ3) is 6.95. The van der Waals surface area contributed by atoms with Gasteiger partial charge in [0.15, 0.2) is 5.96 Å². The molecule has 6 heteroatoms. The number of halogens is 1. The topological polar surface area (TPSA) is 48.9 Å². The van der Waals surface area contributed by atoms with Crippen LogP contribution in [0.25, 0.3) is 0 Å². The quantitative estimate of drug-likeness (QED) is 0.301. The first-order valence-electron chi connectivity index (χ1n) is 8.18. The summed E-state index contributed by atoms with van der Waals surface area (Å²) in [4.78, 5) is 7.11. The Morgan fingerprint density at radius 1 is 1.22 bits per heavy atom. The minimum atomic E-state index is 0. The van der Waals surface area contributed by atoms with Crippen LogP contribution in [0.1, 0.15) is 25.3 Å². The second-order valence-corrected chi connectivity index (χ2v) is 5.48. The molecular formula is C17H29IN4O. The molecule has 0 unspecified atom stereocenters. The monoisotopic (exact) mass is 432 g/mol. The van der Waals surface area contributed by atoms with Crippen molar-refractivity contribution in [3.8, 4) is 0 Å². The first-order chi connectivity index (χ1) is 10.8. The molecule has 0 spiro atoms. The van der Waals surface area contributed by atoms with Crippen LogP contribution in [0.2, 0.25) is 0 Å². The number of nitrogens with one attached hydrogen (secondary N) is 2. The lowest BCUT2D eigenvalue weighted by Gasteiger charge is -2.20. The van der Waals surface area contributed by atoms with E-state index >= 15 is 0 Å². The van der Waals surface area contributed by atoms with Crippen molar-refractivity contribution in [1.29, 1.82) is 0 Å². The molecule has 0 amide bonds. The predicted octanol–water partition coefficient (Wildman–Crippen LogP) is 2.92. The number of hydrogen-bond acceptors (Lipinski definition) is 3. The highest BCUT2D eigenvalue weighted by atomic mass is 127. The second kappa shape index (κ2) is 11.5. The van der Waals surface area contributed by atoms with Crippen LogP contribution in [0.15, 0.2) is 29.3 Å². The Bertz CT molecular complexity index is 458. The molecule has 2 rings (SSSR count). The van der Waals surface area contributed by atoms with Gasteiger partial charge in [-0.2, -0.15) is 0 Å². The Hall–Kier alpha value is -1.02. The van der Waals surface area contributed by atoms with E-state index in [1.165, 1.54) is 18.4 Å². The van der Waals surface area contributed by atoms with E-state index in [2.05, 4.69) is 46.7 Å². The number of aliphatic imine (C=N–C) groups is 1. The van der Waals surface area contributed by atoms with Crippen molar-refractivity contribution < 1.29 is 4.74 Å². The van der Waals surface area contributed by atoms with Gasteiger partial charge in [0, 0.05) is 39.0 Å². The van der Waals surface area contributed by atoms with Gasteiger partial charge in [-0.05, 0) is 37.5 Å². The summed E-state index contributed by atoms with van der Waals surface area (Å²) in [6.45, 7) is 7.53. The third-order valence-corrected chi connectivity index (χ3v) is 3.74. The molecule has 1 heterocycles. The summed E-state index contributed by atoms with van der Waals surface area (Å²) < 4.78 is 5.03. The lowest BCUT2D eigenvalue weighted by atomic mass is 10.2. The van der Waals surface area contributed by atoms with Crippen LogP contribution in [-0.4, -0.2) is 50.8 Å². The van der Waals surface area contributed by atoms with Gasteiger partial charge in [0.25, 0.3) is 0 Å². The zero-order valence-electron chi connectivity index (χ0n) is 14.2. The van der Waals surface area contributed by atoms with Crippen LogP contribution in [0.5, 0.6) is 0 Å². The van der Waals surface area contributed by atoms with E-state index in [9.17, 15) is 0 Å². The largest absolute Gasteiger partial charge is 0.383 e. The minimum Gasteiger partial charge on any atom is -0.383 e. The smallest absolute Gasteiger partial charge is 0.194 e. The van der Waals surface area contributed by atoms with E-state index in [4.69, 9.17) is 9.73 Å². The fourth-order valence-corrected chi connectivity index (χ4v) is 2.55. The van der Waals surface area contributed by atoms with E-state index in [1.54, 1.807) is 7.11 Å². The standard InChI is InChI=1S/C17H28N4O.HI/c1-3-18-17(21-11-4-5-12-21)20-14-15-6-8-16(9-7-15)19-10-13-22-2;/h6-9,19H,3-5,10-14H2,1-2H3,(H,18,20);1H. The summed E-state index contributed by atoms with van der Waals surface area (Å²) in [6.07, 6.45) is 2.54. The van der Waals surface area contributed by atoms with Crippen molar-refractivity contribution in [3.63, 3.8) is 0 Å². The van der Waals surface area contributed by atoms with E-state index < -0.39 is 0 Å². The van der Waals surface area contributed by atoms with Crippen LogP contribution in [-0.2, 0) is 11.3 Å². The normalized spacial score (nSPS) is 14.5. The second-order valence-electron chi connectivity index (χ2n) is 5.48. The van der Waals surface area contributed by atoms with E-state index in [1.807, 2.05) is 0 Å². The highest BCUT2D eigenvalue weighted by molar-refractivity contribution is 14.0. The number of methoxy groups -OCH3 is 1. The van der Waals surface area contributed by atoms with Crippen LogP contribution in [0.3, 0.4) is 0 Å². The third-order valence-electron chi connectivity index (χ3n) is 3.74. The highest BCUT2D eigenvalue weighted by Crippen LogP contribution is 2.12. The van der Waals surface area contributed by atoms with Gasteiger partial charge < -0.3 is 20.3 Å². The first-order valence-corrected chi connectivity index (χ1v) is 8.18. The number of nitrogens with zero attached hydrogens (tertiary/aromatic N) is 2. The van der Waals surface area contributed by atoms with Crippen molar-refractivity contribution in [2.24, 2.45) is 4.99 Å². The highest BCUT2D eigenvalue weighted by Gasteiger charge is 2.15. The summed E-state index contributed by atoms with van der Waals surface area (Å²) in [5, 5.41) is 6.71. The predicted molar refractivity (Wildman–Crippen MR) is 108 cm³/mol. The molecule has 5 nitrogen and oxygen atoms in total. The molecule has 2 N–H and O–H groups in total. The average molecular weight is 432 g/mol. The number of likely N-dealkylation sites (tertiary alicyclic amines) is 1. The summed E-state index contributed by atoms with van der Waals surface area (Å²) in [5.74, 6) is 1.04. The number of anilines is 1. The van der Waals surface area contributed by atoms with Crippen molar-refractivity contribution >= 4 is 35.6 Å². The number of rotatable bonds is 7. The molecule has 130 valence electrons. The van der Waals surface area contributed by atoms with Crippen molar-refractivity contribution in [3.05, 3.63) is 29.8 Å². The van der Waals surface area contributed by atoms with Crippen LogP contribution in [0.4, 0.5) is 5.69 Å². The molecule has 0 radical (unpaired) electrons. The van der Waals surface area contributed by atoms with E-state index in [0.717, 1.165) is 44.4 Å². The molecule has 0 bridgehead atoms. The molecule has 23 heavy (non-hydrogen) atoms. The van der Waals surface area contributed by atoms with Gasteiger partial charge in [0.05, 0.1) is 13.2 Å². The van der Waals surface area contributed by atoms with Crippen LogP contribution < -0.4 is 10.6 Å². The molecule has 1 saturated heterocycles.